The van der Waals surface area contributed by atoms with E-state index in [1.807, 2.05) is 30.3 Å². The van der Waals surface area contributed by atoms with Crippen molar-refractivity contribution in [2.24, 2.45) is 0 Å². The maximum Gasteiger partial charge on any atom is 0.249 e. The second kappa shape index (κ2) is 7.99. The summed E-state index contributed by atoms with van der Waals surface area (Å²) in [5.41, 5.74) is 2.93. The van der Waals surface area contributed by atoms with Gasteiger partial charge in [-0.2, -0.15) is 10.1 Å². The third-order valence-corrected chi connectivity index (χ3v) is 4.46. The number of hydrogen-bond acceptors (Lipinski definition) is 8. The Morgan fingerprint density at radius 2 is 1.68 bits per heavy atom. The summed E-state index contributed by atoms with van der Waals surface area (Å²) >= 11 is 0. The molecule has 28 heavy (non-hydrogen) atoms. The lowest BCUT2D eigenvalue weighted by molar-refractivity contribution is 0.174. The fourth-order valence-electron chi connectivity index (χ4n) is 3.01. The zero-order valence-electron chi connectivity index (χ0n) is 15.8. The van der Waals surface area contributed by atoms with Gasteiger partial charge in [0.2, 0.25) is 12.7 Å². The number of benzene rings is 2. The van der Waals surface area contributed by atoms with Crippen molar-refractivity contribution < 1.29 is 9.47 Å². The minimum absolute atomic E-state index is 0.239. The van der Waals surface area contributed by atoms with Crippen molar-refractivity contribution >= 4 is 28.8 Å². The van der Waals surface area contributed by atoms with Crippen LogP contribution in [0.15, 0.2) is 48.7 Å². The fraction of sp³-hybridized carbons (Fsp3) is 0.250. The van der Waals surface area contributed by atoms with Crippen molar-refractivity contribution in [2.75, 3.05) is 35.4 Å². The molecule has 0 spiro atoms. The molecule has 0 amide bonds. The first-order valence-corrected chi connectivity index (χ1v) is 9.23. The van der Waals surface area contributed by atoms with Crippen LogP contribution in [0.5, 0.6) is 11.5 Å². The number of nitrogens with zero attached hydrogens (tertiary/aromatic N) is 4. The number of rotatable bonds is 7. The van der Waals surface area contributed by atoms with E-state index in [2.05, 4.69) is 56.7 Å². The van der Waals surface area contributed by atoms with Crippen LogP contribution in [-0.2, 0) is 0 Å². The lowest BCUT2D eigenvalue weighted by atomic mass is 10.2. The van der Waals surface area contributed by atoms with Crippen molar-refractivity contribution in [1.82, 2.24) is 15.2 Å². The topological polar surface area (TPSA) is 84.4 Å². The Balaban J connectivity index is 1.45. The number of fused-ring (bicyclic) bond motifs is 1. The molecule has 8 nitrogen and oxygen atoms in total. The average Bonchev–Trinajstić information content (AvgIpc) is 3.18. The average molecular weight is 378 g/mol. The van der Waals surface area contributed by atoms with E-state index >= 15 is 0 Å². The molecule has 1 aromatic heterocycles. The molecule has 3 aromatic rings. The van der Waals surface area contributed by atoms with Gasteiger partial charge in [-0.3, -0.25) is 0 Å². The SMILES string of the molecule is CCN(CC)c1ccc(Nc2cnnc(Nc3ccc4c(c3)OCO4)n2)cc1. The molecule has 144 valence electrons. The molecule has 0 radical (unpaired) electrons. The zero-order valence-corrected chi connectivity index (χ0v) is 15.8. The molecule has 0 fully saturated rings. The van der Waals surface area contributed by atoms with E-state index < -0.39 is 0 Å². The summed E-state index contributed by atoms with van der Waals surface area (Å²) in [4.78, 5) is 6.76. The monoisotopic (exact) mass is 378 g/mol. The van der Waals surface area contributed by atoms with Crippen LogP contribution in [-0.4, -0.2) is 35.1 Å². The minimum atomic E-state index is 0.239. The van der Waals surface area contributed by atoms with Gasteiger partial charge in [-0.15, -0.1) is 5.10 Å². The van der Waals surface area contributed by atoms with Gasteiger partial charge in [0, 0.05) is 36.2 Å². The van der Waals surface area contributed by atoms with Crippen molar-refractivity contribution in [2.45, 2.75) is 13.8 Å². The number of nitrogens with one attached hydrogen (secondary N) is 2. The maximum absolute atomic E-state index is 5.39. The molecule has 0 bridgehead atoms. The third-order valence-electron chi connectivity index (χ3n) is 4.46. The predicted molar refractivity (Wildman–Crippen MR) is 109 cm³/mol. The van der Waals surface area contributed by atoms with Gasteiger partial charge in [0.1, 0.15) is 0 Å². The van der Waals surface area contributed by atoms with Crippen LogP contribution in [0.2, 0.25) is 0 Å². The largest absolute Gasteiger partial charge is 0.454 e. The molecule has 0 aliphatic carbocycles. The van der Waals surface area contributed by atoms with Gasteiger partial charge in [-0.25, -0.2) is 0 Å². The van der Waals surface area contributed by atoms with E-state index in [1.165, 1.54) is 5.69 Å². The van der Waals surface area contributed by atoms with Gasteiger partial charge in [-0.1, -0.05) is 0 Å². The molecule has 2 heterocycles. The first-order chi connectivity index (χ1) is 13.7. The van der Waals surface area contributed by atoms with E-state index in [-0.39, 0.29) is 6.79 Å². The summed E-state index contributed by atoms with van der Waals surface area (Å²) in [5, 5.41) is 14.4. The Kier molecular flexibility index (Phi) is 5.09. The summed E-state index contributed by atoms with van der Waals surface area (Å²) in [6, 6.07) is 13.8. The van der Waals surface area contributed by atoms with Crippen LogP contribution >= 0.6 is 0 Å². The molecule has 8 heteroatoms. The number of anilines is 5. The van der Waals surface area contributed by atoms with Crippen molar-refractivity contribution in [3.63, 3.8) is 0 Å². The summed E-state index contributed by atoms with van der Waals surface area (Å²) in [5.74, 6) is 2.42. The first-order valence-electron chi connectivity index (χ1n) is 9.23. The molecule has 2 aromatic carbocycles. The van der Waals surface area contributed by atoms with Crippen LogP contribution in [0.1, 0.15) is 13.8 Å². The molecule has 0 unspecified atom stereocenters. The van der Waals surface area contributed by atoms with Crippen LogP contribution < -0.4 is 25.0 Å². The van der Waals surface area contributed by atoms with Crippen LogP contribution in [0.3, 0.4) is 0 Å². The molecule has 1 aliphatic rings. The second-order valence-electron chi connectivity index (χ2n) is 6.20. The van der Waals surface area contributed by atoms with Gasteiger partial charge in [0.25, 0.3) is 0 Å². The molecule has 0 saturated carbocycles. The molecule has 0 atom stereocenters. The first kappa shape index (κ1) is 17.8. The van der Waals surface area contributed by atoms with Crippen LogP contribution in [0.25, 0.3) is 0 Å². The highest BCUT2D eigenvalue weighted by Gasteiger charge is 2.13. The highest BCUT2D eigenvalue weighted by Crippen LogP contribution is 2.34. The lowest BCUT2D eigenvalue weighted by Gasteiger charge is -2.21. The molecular formula is C20H22N6O2. The number of ether oxygens (including phenoxy) is 2. The van der Waals surface area contributed by atoms with Gasteiger partial charge in [0.15, 0.2) is 17.3 Å². The predicted octanol–water partition coefficient (Wildman–Crippen LogP) is 3.93. The van der Waals surface area contributed by atoms with Gasteiger partial charge < -0.3 is 25.0 Å². The molecule has 1 aliphatic heterocycles. The Hall–Kier alpha value is -3.55. The Morgan fingerprint density at radius 1 is 0.929 bits per heavy atom. The molecule has 2 N–H and O–H groups in total. The van der Waals surface area contributed by atoms with Crippen molar-refractivity contribution in [1.29, 1.82) is 0 Å². The summed E-state index contributed by atoms with van der Waals surface area (Å²) < 4.78 is 10.7. The van der Waals surface area contributed by atoms with Gasteiger partial charge in [-0.05, 0) is 50.2 Å². The standard InChI is InChI=1S/C20H22N6O2/c1-3-26(4-2)16-8-5-14(6-9-16)22-19-12-21-25-20(24-19)23-15-7-10-17-18(11-15)28-13-27-17/h5-12H,3-4,13H2,1-2H3,(H2,22,23,24,25). The minimum Gasteiger partial charge on any atom is -0.454 e. The van der Waals surface area contributed by atoms with E-state index in [1.54, 1.807) is 6.20 Å². The number of hydrogen-bond donors (Lipinski definition) is 2. The second-order valence-corrected chi connectivity index (χ2v) is 6.20. The van der Waals surface area contributed by atoms with E-state index in [9.17, 15) is 0 Å². The van der Waals surface area contributed by atoms with Gasteiger partial charge >= 0.3 is 0 Å². The highest BCUT2D eigenvalue weighted by atomic mass is 16.7. The van der Waals surface area contributed by atoms with E-state index in [0.29, 0.717) is 17.5 Å². The van der Waals surface area contributed by atoms with Crippen molar-refractivity contribution in [3.05, 3.63) is 48.7 Å². The quantitative estimate of drug-likeness (QED) is 0.640. The fourth-order valence-corrected chi connectivity index (χ4v) is 3.01. The molecule has 0 saturated heterocycles. The van der Waals surface area contributed by atoms with Crippen molar-refractivity contribution in [3.8, 4) is 11.5 Å². The van der Waals surface area contributed by atoms with E-state index in [4.69, 9.17) is 9.47 Å². The van der Waals surface area contributed by atoms with Crippen LogP contribution in [0.4, 0.5) is 28.8 Å². The third kappa shape index (κ3) is 3.90. The molecule has 4 rings (SSSR count). The summed E-state index contributed by atoms with van der Waals surface area (Å²) in [6.45, 7) is 6.50. The Morgan fingerprint density at radius 3 is 2.46 bits per heavy atom. The lowest BCUT2D eigenvalue weighted by Crippen LogP contribution is -2.21. The normalized spacial score (nSPS) is 11.9. The van der Waals surface area contributed by atoms with Gasteiger partial charge in [0.05, 0.1) is 6.20 Å². The Labute approximate surface area is 163 Å². The highest BCUT2D eigenvalue weighted by molar-refractivity contribution is 5.63. The Bertz CT molecular complexity index is 944. The summed E-state index contributed by atoms with van der Waals surface area (Å²) in [7, 11) is 0. The maximum atomic E-state index is 5.39. The van der Waals surface area contributed by atoms with Crippen LogP contribution in [0, 0.1) is 0 Å². The number of aromatic nitrogens is 3. The smallest absolute Gasteiger partial charge is 0.249 e. The summed E-state index contributed by atoms with van der Waals surface area (Å²) in [6.07, 6.45) is 1.59. The zero-order chi connectivity index (χ0) is 19.3. The van der Waals surface area contributed by atoms with E-state index in [0.717, 1.165) is 30.2 Å². The molecular weight excluding hydrogens is 356 g/mol.